The summed E-state index contributed by atoms with van der Waals surface area (Å²) in [5.74, 6) is 0.785. The van der Waals surface area contributed by atoms with Gasteiger partial charge in [-0.05, 0) is 19.1 Å². The van der Waals surface area contributed by atoms with Crippen LogP contribution in [0.2, 0.25) is 0 Å². The van der Waals surface area contributed by atoms with Crippen LogP contribution in [-0.4, -0.2) is 9.55 Å². The number of imidazole rings is 1. The summed E-state index contributed by atoms with van der Waals surface area (Å²) in [7, 11) is 3.88. The summed E-state index contributed by atoms with van der Waals surface area (Å²) in [5.41, 5.74) is 7.86. The number of nitrogen functional groups attached to an aromatic ring is 1. The second-order valence-electron chi connectivity index (χ2n) is 4.49. The number of aryl methyl sites for hydroxylation is 2. The predicted molar refractivity (Wildman–Crippen MR) is 77.5 cm³/mol. The van der Waals surface area contributed by atoms with Crippen molar-refractivity contribution in [3.63, 3.8) is 0 Å². The smallest absolute Gasteiger partial charge is 0.290 e. The molecule has 0 aliphatic carbocycles. The molecule has 98 valence electrons. The summed E-state index contributed by atoms with van der Waals surface area (Å²) in [6.07, 6.45) is 3.80. The van der Waals surface area contributed by atoms with Gasteiger partial charge in [-0.3, -0.25) is 10.7 Å². The molecule has 0 saturated carbocycles. The molecule has 2 N–H and O–H groups in total. The van der Waals surface area contributed by atoms with Gasteiger partial charge in [0.05, 0.1) is 25.8 Å². The van der Waals surface area contributed by atoms with Crippen LogP contribution in [0.15, 0.2) is 48.8 Å². The Morgan fingerprint density at radius 2 is 1.84 bits per heavy atom. The number of benzene rings is 1. The minimum atomic E-state index is 0.785. The van der Waals surface area contributed by atoms with Gasteiger partial charge in [-0.15, -0.1) is 0 Å². The number of fused-ring (bicyclic) bond motifs is 1. The second-order valence-corrected chi connectivity index (χ2v) is 4.49. The largest absolute Gasteiger partial charge is 0.354 e. The molecule has 2 aromatic heterocycles. The third-order valence-corrected chi connectivity index (χ3v) is 3.13. The van der Waals surface area contributed by atoms with Crippen LogP contribution in [0.1, 0.15) is 5.69 Å². The van der Waals surface area contributed by atoms with Crippen molar-refractivity contribution < 1.29 is 4.57 Å². The Labute approximate surface area is 113 Å². The number of hydrogen-bond donors (Lipinski definition) is 1. The first-order valence-electron chi connectivity index (χ1n) is 6.17. The van der Waals surface area contributed by atoms with E-state index >= 15 is 0 Å². The highest BCUT2D eigenvalue weighted by Gasteiger charge is 2.07. The number of hydrogen-bond acceptors (Lipinski definition) is 2. The van der Waals surface area contributed by atoms with Gasteiger partial charge in [-0.25, -0.2) is 9.13 Å². The maximum atomic E-state index is 5.63. The maximum absolute atomic E-state index is 5.63. The average Bonchev–Trinajstić information content (AvgIpc) is 2.66. The number of rotatable bonds is 0. The van der Waals surface area contributed by atoms with Crippen molar-refractivity contribution in [2.24, 2.45) is 14.1 Å². The van der Waals surface area contributed by atoms with Crippen molar-refractivity contribution in [2.75, 3.05) is 5.73 Å². The Hall–Kier alpha value is -2.36. The quantitative estimate of drug-likeness (QED) is 0.624. The highest BCUT2D eigenvalue weighted by Crippen LogP contribution is 2.07. The van der Waals surface area contributed by atoms with Crippen LogP contribution in [0.3, 0.4) is 0 Å². The van der Waals surface area contributed by atoms with Gasteiger partial charge in [0.2, 0.25) is 0 Å². The van der Waals surface area contributed by atoms with Gasteiger partial charge in [-0.2, -0.15) is 0 Å². The summed E-state index contributed by atoms with van der Waals surface area (Å²) >= 11 is 0. The molecule has 3 rings (SSSR count). The number of aromatic nitrogens is 3. The topological polar surface area (TPSA) is 47.7 Å². The molecule has 3 aromatic rings. The van der Waals surface area contributed by atoms with E-state index < -0.39 is 0 Å². The first-order valence-corrected chi connectivity index (χ1v) is 6.17. The fraction of sp³-hybridized carbons (Fsp3) is 0.200. The number of nitrogens with two attached hydrogens (primary N) is 1. The number of anilines is 1. The first-order chi connectivity index (χ1) is 9.09. The monoisotopic (exact) mass is 255 g/mol. The summed E-state index contributed by atoms with van der Waals surface area (Å²) in [6, 6.07) is 12.1. The van der Waals surface area contributed by atoms with E-state index in [1.165, 1.54) is 11.1 Å². The van der Waals surface area contributed by atoms with Gasteiger partial charge >= 0.3 is 5.95 Å². The van der Waals surface area contributed by atoms with E-state index in [1.807, 2.05) is 66.8 Å². The molecule has 0 bridgehead atoms. The van der Waals surface area contributed by atoms with Crippen LogP contribution >= 0.6 is 0 Å². The third kappa shape index (κ3) is 2.91. The number of nitrogens with zero attached hydrogens (tertiary/aromatic N) is 3. The average molecular weight is 255 g/mol. The van der Waals surface area contributed by atoms with Crippen LogP contribution in [0.25, 0.3) is 10.9 Å². The van der Waals surface area contributed by atoms with Crippen LogP contribution < -0.4 is 10.3 Å². The summed E-state index contributed by atoms with van der Waals surface area (Å²) in [6.45, 7) is 2.02. The van der Waals surface area contributed by atoms with E-state index in [0.717, 1.165) is 11.5 Å². The lowest BCUT2D eigenvalue weighted by atomic mass is 10.2. The number of pyridine rings is 1. The minimum Gasteiger partial charge on any atom is -0.290 e. The summed E-state index contributed by atoms with van der Waals surface area (Å²) < 4.78 is 3.84. The highest BCUT2D eigenvalue weighted by atomic mass is 15.2. The Morgan fingerprint density at radius 1 is 1.16 bits per heavy atom. The molecule has 0 fully saturated rings. The fourth-order valence-electron chi connectivity index (χ4n) is 1.87. The molecule has 0 unspecified atom stereocenters. The normalized spacial score (nSPS) is 10.1. The Bertz CT molecular complexity index is 598. The van der Waals surface area contributed by atoms with Gasteiger partial charge < -0.3 is 0 Å². The first kappa shape index (κ1) is 13.1. The minimum absolute atomic E-state index is 0.785. The molecule has 0 amide bonds. The van der Waals surface area contributed by atoms with E-state index in [4.69, 9.17) is 5.73 Å². The standard InChI is InChI=1S/C9H7N.C6H11N3/c1-2-6-9-8(4-1)5-3-7-10-9;1-5-4-8(2)6(7)9(5)3/h1-7H;4,7H,1-3H3/p+1. The Kier molecular flexibility index (Phi) is 3.80. The molecule has 1 aromatic carbocycles. The van der Waals surface area contributed by atoms with Crippen LogP contribution in [0.4, 0.5) is 5.95 Å². The molecule has 2 heterocycles. The van der Waals surface area contributed by atoms with Crippen molar-refractivity contribution in [3.05, 3.63) is 54.5 Å². The van der Waals surface area contributed by atoms with E-state index in [9.17, 15) is 0 Å². The van der Waals surface area contributed by atoms with Gasteiger partial charge in [0.15, 0.2) is 0 Å². The molecule has 19 heavy (non-hydrogen) atoms. The van der Waals surface area contributed by atoms with Crippen LogP contribution in [0.5, 0.6) is 0 Å². The van der Waals surface area contributed by atoms with Crippen molar-refractivity contribution >= 4 is 16.9 Å². The lowest BCUT2D eigenvalue weighted by Crippen LogP contribution is -2.29. The maximum Gasteiger partial charge on any atom is 0.354 e. The van der Waals surface area contributed by atoms with Crippen molar-refractivity contribution in [3.8, 4) is 0 Å². The van der Waals surface area contributed by atoms with Crippen LogP contribution in [0, 0.1) is 6.92 Å². The zero-order valence-electron chi connectivity index (χ0n) is 11.5. The molecule has 0 radical (unpaired) electrons. The molecular formula is C15H19N4+. The molecule has 4 nitrogen and oxygen atoms in total. The van der Waals surface area contributed by atoms with Crippen molar-refractivity contribution in [2.45, 2.75) is 6.92 Å². The van der Waals surface area contributed by atoms with Crippen LogP contribution in [-0.2, 0) is 14.1 Å². The van der Waals surface area contributed by atoms with E-state index in [-0.39, 0.29) is 0 Å². The van der Waals surface area contributed by atoms with E-state index in [2.05, 4.69) is 17.1 Å². The second kappa shape index (κ2) is 5.52. The predicted octanol–water partition coefficient (Wildman–Crippen LogP) is 1.98. The SMILES string of the molecule is Cc1c[n+](C)c(N)n1C.c1ccc2ncccc2c1. The highest BCUT2D eigenvalue weighted by molar-refractivity contribution is 5.77. The third-order valence-electron chi connectivity index (χ3n) is 3.13. The molecule has 0 atom stereocenters. The Morgan fingerprint density at radius 3 is 2.37 bits per heavy atom. The summed E-state index contributed by atoms with van der Waals surface area (Å²) in [5, 5.41) is 1.20. The van der Waals surface area contributed by atoms with Gasteiger partial charge in [-0.1, -0.05) is 24.3 Å². The fourth-order valence-corrected chi connectivity index (χ4v) is 1.87. The van der Waals surface area contributed by atoms with Gasteiger partial charge in [0.1, 0.15) is 5.69 Å². The molecule has 0 saturated heterocycles. The Balaban J connectivity index is 0.000000141. The summed E-state index contributed by atoms with van der Waals surface area (Å²) in [4.78, 5) is 4.18. The van der Waals surface area contributed by atoms with Crippen molar-refractivity contribution in [1.29, 1.82) is 0 Å². The molecule has 0 aliphatic rings. The zero-order valence-corrected chi connectivity index (χ0v) is 11.5. The molecular weight excluding hydrogens is 236 g/mol. The molecule has 0 spiro atoms. The van der Waals surface area contributed by atoms with Gasteiger partial charge in [0, 0.05) is 11.6 Å². The lowest BCUT2D eigenvalue weighted by Gasteiger charge is -1.91. The molecule has 4 heteroatoms. The lowest BCUT2D eigenvalue weighted by molar-refractivity contribution is -0.656. The zero-order chi connectivity index (χ0) is 13.8. The molecule has 0 aliphatic heterocycles. The van der Waals surface area contributed by atoms with Crippen molar-refractivity contribution in [1.82, 2.24) is 9.55 Å². The van der Waals surface area contributed by atoms with Gasteiger partial charge in [0.25, 0.3) is 0 Å². The van der Waals surface area contributed by atoms with E-state index in [1.54, 1.807) is 0 Å². The van der Waals surface area contributed by atoms with E-state index in [0.29, 0.717) is 0 Å². The number of para-hydroxylation sites is 1.